The molecular formula is C14H18O3. The van der Waals surface area contributed by atoms with Gasteiger partial charge in [0.1, 0.15) is 0 Å². The van der Waals surface area contributed by atoms with Crippen molar-refractivity contribution in [2.24, 2.45) is 0 Å². The zero-order valence-corrected chi connectivity index (χ0v) is 10.5. The number of rotatable bonds is 3. The molecule has 0 aliphatic heterocycles. The Morgan fingerprint density at radius 2 is 2.00 bits per heavy atom. The van der Waals surface area contributed by atoms with E-state index in [1.165, 1.54) is 18.2 Å². The minimum absolute atomic E-state index is 0.411. The fraction of sp³-hybridized carbons (Fsp3) is 0.500. The Balaban J connectivity index is 2.32. The van der Waals surface area contributed by atoms with Gasteiger partial charge in [0.2, 0.25) is 0 Å². The quantitative estimate of drug-likeness (QED) is 0.812. The predicted octanol–water partition coefficient (Wildman–Crippen LogP) is 1.87. The van der Waals surface area contributed by atoms with E-state index in [-0.39, 0.29) is 0 Å². The van der Waals surface area contributed by atoms with Crippen molar-refractivity contribution >= 4 is 5.97 Å². The topological polar surface area (TPSA) is 46.5 Å². The van der Waals surface area contributed by atoms with Crippen LogP contribution in [0.3, 0.4) is 0 Å². The van der Waals surface area contributed by atoms with Crippen LogP contribution in [0.5, 0.6) is 0 Å². The van der Waals surface area contributed by atoms with Crippen molar-refractivity contribution in [3.05, 3.63) is 34.9 Å². The molecule has 0 bridgehead atoms. The zero-order chi connectivity index (χ0) is 12.6. The summed E-state index contributed by atoms with van der Waals surface area (Å²) < 4.78 is 4.62. The van der Waals surface area contributed by atoms with E-state index in [1.807, 2.05) is 19.1 Å². The number of esters is 1. The van der Waals surface area contributed by atoms with Crippen LogP contribution < -0.4 is 0 Å². The van der Waals surface area contributed by atoms with Crippen LogP contribution in [0.1, 0.15) is 29.5 Å². The Morgan fingerprint density at radius 3 is 2.47 bits per heavy atom. The summed E-state index contributed by atoms with van der Waals surface area (Å²) in [4.78, 5) is 11.5. The molecule has 0 radical (unpaired) electrons. The number of ether oxygens (including phenoxy) is 1. The van der Waals surface area contributed by atoms with Crippen LogP contribution in [0.2, 0.25) is 0 Å². The number of aliphatic hydroxyl groups excluding tert-OH is 1. The maximum absolute atomic E-state index is 11.5. The van der Waals surface area contributed by atoms with Crippen LogP contribution >= 0.6 is 0 Å². The summed E-state index contributed by atoms with van der Waals surface area (Å²) in [6.45, 7) is 4.09. The molecule has 17 heavy (non-hydrogen) atoms. The number of hydrogen-bond donors (Lipinski definition) is 1. The number of aryl methyl sites for hydroxylation is 2. The Morgan fingerprint density at radius 1 is 1.35 bits per heavy atom. The van der Waals surface area contributed by atoms with Crippen molar-refractivity contribution in [3.8, 4) is 0 Å². The van der Waals surface area contributed by atoms with Crippen molar-refractivity contribution in [3.63, 3.8) is 0 Å². The first kappa shape index (κ1) is 12.1. The van der Waals surface area contributed by atoms with Gasteiger partial charge in [0, 0.05) is 5.41 Å². The molecule has 1 N–H and O–H groups in total. The first-order valence-electron chi connectivity index (χ1n) is 5.85. The SMILES string of the molecule is COC(=O)C(O)C1(c2ccc(C)c(C)c2)CC1. The molecule has 0 amide bonds. The summed E-state index contributed by atoms with van der Waals surface area (Å²) in [6.07, 6.45) is 0.631. The lowest BCUT2D eigenvalue weighted by Crippen LogP contribution is -2.35. The van der Waals surface area contributed by atoms with Gasteiger partial charge in [-0.05, 0) is 43.4 Å². The molecular weight excluding hydrogens is 216 g/mol. The van der Waals surface area contributed by atoms with E-state index in [2.05, 4.69) is 17.7 Å². The van der Waals surface area contributed by atoms with Gasteiger partial charge in [0.15, 0.2) is 6.10 Å². The molecule has 1 unspecified atom stereocenters. The largest absolute Gasteiger partial charge is 0.467 e. The van der Waals surface area contributed by atoms with Crippen LogP contribution in [0.4, 0.5) is 0 Å². The molecule has 0 spiro atoms. The lowest BCUT2D eigenvalue weighted by atomic mass is 9.88. The lowest BCUT2D eigenvalue weighted by molar-refractivity contribution is -0.152. The molecule has 1 aromatic rings. The van der Waals surface area contributed by atoms with E-state index in [9.17, 15) is 9.90 Å². The van der Waals surface area contributed by atoms with Gasteiger partial charge in [-0.25, -0.2) is 4.79 Å². The van der Waals surface area contributed by atoms with E-state index in [1.54, 1.807) is 0 Å². The summed E-state index contributed by atoms with van der Waals surface area (Å²) in [5.74, 6) is -0.541. The number of methoxy groups -OCH3 is 1. The van der Waals surface area contributed by atoms with E-state index in [0.29, 0.717) is 0 Å². The highest BCUT2D eigenvalue weighted by Gasteiger charge is 2.53. The number of benzene rings is 1. The third-order valence-electron chi connectivity index (χ3n) is 3.82. The van der Waals surface area contributed by atoms with Gasteiger partial charge in [-0.15, -0.1) is 0 Å². The minimum Gasteiger partial charge on any atom is -0.467 e. The van der Waals surface area contributed by atoms with Crippen LogP contribution in [0.15, 0.2) is 18.2 Å². The van der Waals surface area contributed by atoms with Crippen molar-refractivity contribution in [2.45, 2.75) is 38.2 Å². The number of carbonyl (C=O) groups excluding carboxylic acids is 1. The molecule has 1 atom stereocenters. The van der Waals surface area contributed by atoms with E-state index in [0.717, 1.165) is 18.4 Å². The Hall–Kier alpha value is -1.35. The van der Waals surface area contributed by atoms with E-state index >= 15 is 0 Å². The molecule has 1 aliphatic carbocycles. The molecule has 1 aromatic carbocycles. The third-order valence-corrected chi connectivity index (χ3v) is 3.82. The minimum atomic E-state index is -1.05. The van der Waals surface area contributed by atoms with Gasteiger partial charge in [0.05, 0.1) is 7.11 Å². The standard InChI is InChI=1S/C14H18O3/c1-9-4-5-11(8-10(9)2)14(6-7-14)12(15)13(16)17-3/h4-5,8,12,15H,6-7H2,1-3H3. The molecule has 1 aliphatic rings. The molecule has 1 fully saturated rings. The second kappa shape index (κ2) is 4.15. The van der Waals surface area contributed by atoms with Gasteiger partial charge in [-0.2, -0.15) is 0 Å². The molecule has 92 valence electrons. The maximum Gasteiger partial charge on any atom is 0.335 e. The monoisotopic (exact) mass is 234 g/mol. The zero-order valence-electron chi connectivity index (χ0n) is 10.5. The molecule has 2 rings (SSSR count). The van der Waals surface area contributed by atoms with Crippen molar-refractivity contribution < 1.29 is 14.6 Å². The average Bonchev–Trinajstić information content (AvgIpc) is 3.12. The van der Waals surface area contributed by atoms with Crippen LogP contribution in [-0.2, 0) is 14.9 Å². The maximum atomic E-state index is 11.5. The molecule has 1 saturated carbocycles. The average molecular weight is 234 g/mol. The second-order valence-corrected chi connectivity index (χ2v) is 4.88. The lowest BCUT2D eigenvalue weighted by Gasteiger charge is -2.21. The molecule has 3 heteroatoms. The normalized spacial score (nSPS) is 18.6. The highest BCUT2D eigenvalue weighted by Crippen LogP contribution is 2.51. The smallest absolute Gasteiger partial charge is 0.335 e. The van der Waals surface area contributed by atoms with Crippen LogP contribution in [-0.4, -0.2) is 24.3 Å². The fourth-order valence-corrected chi connectivity index (χ4v) is 2.24. The van der Waals surface area contributed by atoms with Crippen molar-refractivity contribution in [2.75, 3.05) is 7.11 Å². The summed E-state index contributed by atoms with van der Waals surface area (Å²) in [5, 5.41) is 10.0. The van der Waals surface area contributed by atoms with Gasteiger partial charge >= 0.3 is 5.97 Å². The molecule has 0 saturated heterocycles. The Labute approximate surface area is 101 Å². The van der Waals surface area contributed by atoms with Crippen molar-refractivity contribution in [1.29, 1.82) is 0 Å². The van der Waals surface area contributed by atoms with Crippen LogP contribution in [0.25, 0.3) is 0 Å². The molecule has 0 heterocycles. The fourth-order valence-electron chi connectivity index (χ4n) is 2.24. The summed E-state index contributed by atoms with van der Waals surface area (Å²) in [5.41, 5.74) is 3.03. The predicted molar refractivity (Wildman–Crippen MR) is 64.9 cm³/mol. The summed E-state index contributed by atoms with van der Waals surface area (Å²) >= 11 is 0. The molecule has 3 nitrogen and oxygen atoms in total. The van der Waals surface area contributed by atoms with E-state index < -0.39 is 17.5 Å². The first-order chi connectivity index (χ1) is 8.01. The Kier molecular flexibility index (Phi) is 2.96. The molecule has 0 aromatic heterocycles. The number of hydrogen-bond acceptors (Lipinski definition) is 3. The highest BCUT2D eigenvalue weighted by molar-refractivity contribution is 5.77. The number of carbonyl (C=O) groups is 1. The highest BCUT2D eigenvalue weighted by atomic mass is 16.5. The third kappa shape index (κ3) is 1.95. The Bertz CT molecular complexity index is 447. The first-order valence-corrected chi connectivity index (χ1v) is 5.85. The number of aliphatic hydroxyl groups is 1. The van der Waals surface area contributed by atoms with Crippen LogP contribution in [0, 0.1) is 13.8 Å². The van der Waals surface area contributed by atoms with Gasteiger partial charge in [-0.3, -0.25) is 0 Å². The van der Waals surface area contributed by atoms with Gasteiger partial charge < -0.3 is 9.84 Å². The second-order valence-electron chi connectivity index (χ2n) is 4.88. The van der Waals surface area contributed by atoms with Gasteiger partial charge in [-0.1, -0.05) is 18.2 Å². The van der Waals surface area contributed by atoms with Gasteiger partial charge in [0.25, 0.3) is 0 Å². The van der Waals surface area contributed by atoms with Crippen molar-refractivity contribution in [1.82, 2.24) is 0 Å². The summed E-state index contributed by atoms with van der Waals surface area (Å²) in [6, 6.07) is 6.10. The van der Waals surface area contributed by atoms with E-state index in [4.69, 9.17) is 0 Å². The summed E-state index contributed by atoms with van der Waals surface area (Å²) in [7, 11) is 1.31.